The lowest BCUT2D eigenvalue weighted by Crippen LogP contribution is -1.92. The molecule has 0 nitrogen and oxygen atoms in total. The summed E-state index contributed by atoms with van der Waals surface area (Å²) in [5.74, 6) is -0.213. The molecule has 0 fully saturated rings. The molecule has 0 unspecified atom stereocenters. The van der Waals surface area contributed by atoms with E-state index in [0.29, 0.717) is 21.2 Å². The zero-order valence-corrected chi connectivity index (χ0v) is 12.1. The van der Waals surface area contributed by atoms with E-state index in [1.165, 1.54) is 6.07 Å². The SMILES string of the molecule is Fc1cc(Cl)ccc1C(=Cc1ccccc1Cl)CCl. The third-order valence-electron chi connectivity index (χ3n) is 2.66. The number of rotatable bonds is 3. The van der Waals surface area contributed by atoms with Gasteiger partial charge >= 0.3 is 0 Å². The molecule has 19 heavy (non-hydrogen) atoms. The molecule has 0 spiro atoms. The molecule has 0 aliphatic heterocycles. The lowest BCUT2D eigenvalue weighted by atomic mass is 10.0. The van der Waals surface area contributed by atoms with Crippen LogP contribution >= 0.6 is 34.8 Å². The lowest BCUT2D eigenvalue weighted by Gasteiger charge is -2.07. The second-order valence-electron chi connectivity index (χ2n) is 3.95. The van der Waals surface area contributed by atoms with Crippen molar-refractivity contribution in [2.75, 3.05) is 5.88 Å². The van der Waals surface area contributed by atoms with Crippen LogP contribution in [0.1, 0.15) is 11.1 Å². The fraction of sp³-hybridized carbons (Fsp3) is 0.0667. The molecule has 0 N–H and O–H groups in total. The van der Waals surface area contributed by atoms with Crippen LogP contribution in [-0.4, -0.2) is 5.88 Å². The van der Waals surface area contributed by atoms with E-state index in [1.807, 2.05) is 18.2 Å². The van der Waals surface area contributed by atoms with Crippen molar-refractivity contribution in [2.45, 2.75) is 0 Å². The van der Waals surface area contributed by atoms with E-state index in [-0.39, 0.29) is 5.88 Å². The molecule has 0 radical (unpaired) electrons. The van der Waals surface area contributed by atoms with Gasteiger partial charge in [0.25, 0.3) is 0 Å². The van der Waals surface area contributed by atoms with Gasteiger partial charge in [-0.15, -0.1) is 11.6 Å². The highest BCUT2D eigenvalue weighted by molar-refractivity contribution is 6.32. The molecule has 2 rings (SSSR count). The number of allylic oxidation sites excluding steroid dienone is 1. The van der Waals surface area contributed by atoms with Crippen LogP contribution in [0.25, 0.3) is 11.6 Å². The van der Waals surface area contributed by atoms with Gasteiger partial charge in [0.2, 0.25) is 0 Å². The highest BCUT2D eigenvalue weighted by Gasteiger charge is 2.08. The molecule has 0 saturated heterocycles. The lowest BCUT2D eigenvalue weighted by molar-refractivity contribution is 0.624. The molecule has 0 aromatic heterocycles. The molecule has 0 aliphatic carbocycles. The van der Waals surface area contributed by atoms with Crippen molar-refractivity contribution in [3.63, 3.8) is 0 Å². The summed E-state index contributed by atoms with van der Waals surface area (Å²) in [6.07, 6.45) is 1.78. The molecular weight excluding hydrogens is 306 g/mol. The zero-order chi connectivity index (χ0) is 13.8. The Labute approximate surface area is 126 Å². The number of alkyl halides is 1. The van der Waals surface area contributed by atoms with Crippen molar-refractivity contribution in [1.82, 2.24) is 0 Å². The molecular formula is C15H10Cl3F. The Kier molecular flexibility index (Phi) is 4.87. The number of benzene rings is 2. The maximum Gasteiger partial charge on any atom is 0.132 e. The summed E-state index contributed by atoms with van der Waals surface area (Å²) in [5, 5.41) is 0.951. The molecule has 4 heteroatoms. The molecule has 0 atom stereocenters. The maximum atomic E-state index is 13.9. The molecule has 98 valence electrons. The van der Waals surface area contributed by atoms with Crippen LogP contribution in [0.5, 0.6) is 0 Å². The minimum atomic E-state index is -0.397. The molecule has 0 aliphatic rings. The van der Waals surface area contributed by atoms with E-state index < -0.39 is 5.82 Å². The summed E-state index contributed by atoms with van der Waals surface area (Å²) in [6.45, 7) is 0. The third-order valence-corrected chi connectivity index (χ3v) is 3.52. The van der Waals surface area contributed by atoms with E-state index in [2.05, 4.69) is 0 Å². The molecule has 2 aromatic carbocycles. The quantitative estimate of drug-likeness (QED) is 0.488. The summed E-state index contributed by atoms with van der Waals surface area (Å²) in [4.78, 5) is 0. The Morgan fingerprint density at radius 2 is 1.84 bits per heavy atom. The predicted molar refractivity (Wildman–Crippen MR) is 81.5 cm³/mol. The summed E-state index contributed by atoms with van der Waals surface area (Å²) in [7, 11) is 0. The van der Waals surface area contributed by atoms with Gasteiger partial charge in [0.1, 0.15) is 5.82 Å². The molecule has 0 heterocycles. The number of hydrogen-bond donors (Lipinski definition) is 0. The Morgan fingerprint density at radius 3 is 2.47 bits per heavy atom. The Bertz CT molecular complexity index is 621. The first-order valence-corrected chi connectivity index (χ1v) is 6.87. The van der Waals surface area contributed by atoms with Crippen molar-refractivity contribution < 1.29 is 4.39 Å². The van der Waals surface area contributed by atoms with Gasteiger partial charge < -0.3 is 0 Å². The maximum absolute atomic E-state index is 13.9. The fourth-order valence-electron chi connectivity index (χ4n) is 1.72. The molecule has 0 amide bonds. The first kappa shape index (κ1) is 14.4. The highest BCUT2D eigenvalue weighted by atomic mass is 35.5. The summed E-state index contributed by atoms with van der Waals surface area (Å²) in [5.41, 5.74) is 1.89. The smallest absolute Gasteiger partial charge is 0.132 e. The second-order valence-corrected chi connectivity index (χ2v) is 5.06. The van der Waals surface area contributed by atoms with Gasteiger partial charge in [0, 0.05) is 21.5 Å². The largest absolute Gasteiger partial charge is 0.206 e. The van der Waals surface area contributed by atoms with E-state index in [9.17, 15) is 4.39 Å². The Hall–Kier alpha value is -1.02. The fourth-order valence-corrected chi connectivity index (χ4v) is 2.29. The average Bonchev–Trinajstić information content (AvgIpc) is 2.39. The van der Waals surface area contributed by atoms with Crippen molar-refractivity contribution in [2.24, 2.45) is 0 Å². The monoisotopic (exact) mass is 314 g/mol. The predicted octanol–water partition coefficient (Wildman–Crippen LogP) is 5.91. The number of hydrogen-bond acceptors (Lipinski definition) is 0. The molecule has 0 bridgehead atoms. The zero-order valence-electron chi connectivity index (χ0n) is 9.84. The standard InChI is InChI=1S/C15H10Cl3F/c16-9-11(7-10-3-1-2-4-14(10)18)13-6-5-12(17)8-15(13)19/h1-8H,9H2. The van der Waals surface area contributed by atoms with Gasteiger partial charge in [-0.1, -0.05) is 47.5 Å². The topological polar surface area (TPSA) is 0 Å². The van der Waals surface area contributed by atoms with Gasteiger partial charge in [0.15, 0.2) is 0 Å². The first-order valence-electron chi connectivity index (χ1n) is 5.58. The van der Waals surface area contributed by atoms with Crippen LogP contribution in [0.4, 0.5) is 4.39 Å². The minimum Gasteiger partial charge on any atom is -0.206 e. The minimum absolute atomic E-state index is 0.184. The summed E-state index contributed by atoms with van der Waals surface area (Å²) < 4.78 is 13.9. The molecule has 2 aromatic rings. The van der Waals surface area contributed by atoms with E-state index in [4.69, 9.17) is 34.8 Å². The van der Waals surface area contributed by atoms with Crippen LogP contribution in [0.3, 0.4) is 0 Å². The average molecular weight is 316 g/mol. The first-order chi connectivity index (χ1) is 9.11. The second kappa shape index (κ2) is 6.42. The van der Waals surface area contributed by atoms with Crippen molar-refractivity contribution >= 4 is 46.5 Å². The van der Waals surface area contributed by atoms with E-state index in [1.54, 1.807) is 24.3 Å². The Morgan fingerprint density at radius 1 is 1.11 bits per heavy atom. The van der Waals surface area contributed by atoms with Crippen LogP contribution in [-0.2, 0) is 0 Å². The number of halogens is 4. The van der Waals surface area contributed by atoms with Crippen LogP contribution < -0.4 is 0 Å². The summed E-state index contributed by atoms with van der Waals surface area (Å²) in [6, 6.07) is 11.8. The van der Waals surface area contributed by atoms with Gasteiger partial charge in [-0.2, -0.15) is 0 Å². The van der Waals surface area contributed by atoms with Crippen molar-refractivity contribution in [3.05, 3.63) is 69.5 Å². The van der Waals surface area contributed by atoms with Gasteiger partial charge in [-0.05, 0) is 35.4 Å². The normalized spacial score (nSPS) is 11.7. The van der Waals surface area contributed by atoms with Crippen LogP contribution in [0.2, 0.25) is 10.0 Å². The van der Waals surface area contributed by atoms with Crippen LogP contribution in [0.15, 0.2) is 42.5 Å². The Balaban J connectivity index is 2.48. The highest BCUT2D eigenvalue weighted by Crippen LogP contribution is 2.27. The third kappa shape index (κ3) is 3.50. The summed E-state index contributed by atoms with van der Waals surface area (Å²) >= 11 is 17.7. The van der Waals surface area contributed by atoms with Crippen molar-refractivity contribution in [1.29, 1.82) is 0 Å². The van der Waals surface area contributed by atoms with Crippen molar-refractivity contribution in [3.8, 4) is 0 Å². The van der Waals surface area contributed by atoms with Crippen LogP contribution in [0, 0.1) is 5.82 Å². The van der Waals surface area contributed by atoms with E-state index in [0.717, 1.165) is 5.56 Å². The van der Waals surface area contributed by atoms with E-state index >= 15 is 0 Å². The van der Waals surface area contributed by atoms with Gasteiger partial charge in [-0.3, -0.25) is 0 Å². The van der Waals surface area contributed by atoms with Gasteiger partial charge in [0.05, 0.1) is 0 Å². The van der Waals surface area contributed by atoms with Gasteiger partial charge in [-0.25, -0.2) is 4.39 Å². The molecule has 0 saturated carbocycles.